The maximum atomic E-state index is 11.7. The first kappa shape index (κ1) is 23.9. The third-order valence-corrected chi connectivity index (χ3v) is 4.33. The van der Waals surface area contributed by atoms with Crippen LogP contribution < -0.4 is 0 Å². The smallest absolute Gasteiger partial charge is 0.306 e. The van der Waals surface area contributed by atoms with Gasteiger partial charge < -0.3 is 9.84 Å². The first-order valence-electron chi connectivity index (χ1n) is 10.1. The molecule has 0 fully saturated rings. The summed E-state index contributed by atoms with van der Waals surface area (Å²) < 4.78 is 5.23. The minimum atomic E-state index is -0.272. The number of rotatable bonds is 15. The molecule has 0 aromatic carbocycles. The Bertz CT molecular complexity index is 392. The summed E-state index contributed by atoms with van der Waals surface area (Å²) >= 11 is 0. The molecule has 1 atom stereocenters. The maximum Gasteiger partial charge on any atom is 0.306 e. The van der Waals surface area contributed by atoms with Crippen LogP contribution in [0.3, 0.4) is 0 Å². The number of hydrogen-bond donors (Lipinski definition) is 1. The van der Waals surface area contributed by atoms with Crippen molar-refractivity contribution in [2.75, 3.05) is 6.61 Å². The molecule has 1 N–H and O–H groups in total. The number of carbonyl (C=O) groups excluding carboxylic acids is 1. The molecule has 0 spiro atoms. The Morgan fingerprint density at radius 3 is 2.32 bits per heavy atom. The molecular weight excluding hydrogens is 312 g/mol. The molecule has 0 radical (unpaired) electrons. The normalized spacial score (nSPS) is 12.8. The highest BCUT2D eigenvalue weighted by molar-refractivity contribution is 5.69. The van der Waals surface area contributed by atoms with Gasteiger partial charge in [-0.3, -0.25) is 4.79 Å². The highest BCUT2D eigenvalue weighted by Crippen LogP contribution is 2.12. The van der Waals surface area contributed by atoms with Gasteiger partial charge in [0.2, 0.25) is 0 Å². The van der Waals surface area contributed by atoms with Crippen molar-refractivity contribution in [1.29, 1.82) is 0 Å². The Labute approximate surface area is 155 Å². The van der Waals surface area contributed by atoms with Gasteiger partial charge in [-0.1, -0.05) is 56.3 Å². The maximum absolute atomic E-state index is 11.7. The molecule has 1 unspecified atom stereocenters. The molecule has 146 valence electrons. The van der Waals surface area contributed by atoms with Crippen LogP contribution in [0.5, 0.6) is 0 Å². The van der Waals surface area contributed by atoms with Crippen molar-refractivity contribution in [2.45, 2.75) is 104 Å². The lowest BCUT2D eigenvalue weighted by Crippen LogP contribution is -2.09. The fourth-order valence-corrected chi connectivity index (χ4v) is 2.65. The predicted molar refractivity (Wildman–Crippen MR) is 107 cm³/mol. The average molecular weight is 353 g/mol. The van der Waals surface area contributed by atoms with Crippen LogP contribution in [0.25, 0.3) is 0 Å². The summed E-state index contributed by atoms with van der Waals surface area (Å²) in [6.45, 7) is 8.84. The summed E-state index contributed by atoms with van der Waals surface area (Å²) in [6, 6.07) is 0. The summed E-state index contributed by atoms with van der Waals surface area (Å²) in [5.41, 5.74) is 2.59. The summed E-state index contributed by atoms with van der Waals surface area (Å²) in [4.78, 5) is 11.7. The zero-order valence-electron chi connectivity index (χ0n) is 17.0. The first-order valence-corrected chi connectivity index (χ1v) is 10.1. The second-order valence-electron chi connectivity index (χ2n) is 7.30. The van der Waals surface area contributed by atoms with Gasteiger partial charge in [0.05, 0.1) is 6.10 Å². The zero-order valence-corrected chi connectivity index (χ0v) is 17.0. The molecule has 0 aromatic rings. The van der Waals surface area contributed by atoms with E-state index in [1.165, 1.54) is 36.8 Å². The van der Waals surface area contributed by atoms with Gasteiger partial charge in [-0.15, -0.1) is 0 Å². The summed E-state index contributed by atoms with van der Waals surface area (Å²) in [7, 11) is 0. The monoisotopic (exact) mass is 352 g/mol. The molecule has 0 bridgehead atoms. The van der Waals surface area contributed by atoms with Crippen molar-refractivity contribution in [3.63, 3.8) is 0 Å². The van der Waals surface area contributed by atoms with Gasteiger partial charge in [0, 0.05) is 6.42 Å². The van der Waals surface area contributed by atoms with E-state index >= 15 is 0 Å². The number of ether oxygens (including phenoxy) is 1. The molecule has 0 aliphatic carbocycles. The van der Waals surface area contributed by atoms with E-state index in [9.17, 15) is 9.90 Å². The summed E-state index contributed by atoms with van der Waals surface area (Å²) in [5, 5.41) is 9.92. The molecule has 0 rings (SSSR count). The highest BCUT2D eigenvalue weighted by atomic mass is 16.5. The Hall–Kier alpha value is -1.09. The number of esters is 1. The van der Waals surface area contributed by atoms with Crippen LogP contribution >= 0.6 is 0 Å². The molecule has 0 amide bonds. The predicted octanol–water partition coefficient (Wildman–Crippen LogP) is 6.11. The number of allylic oxidation sites excluding steroid dienone is 3. The minimum Gasteiger partial charge on any atom is -0.461 e. The number of carbonyl (C=O) groups is 1. The van der Waals surface area contributed by atoms with E-state index in [0.29, 0.717) is 25.9 Å². The quantitative estimate of drug-likeness (QED) is 0.219. The highest BCUT2D eigenvalue weighted by Gasteiger charge is 2.07. The molecule has 0 aliphatic rings. The molecule has 3 heteroatoms. The van der Waals surface area contributed by atoms with Crippen LogP contribution in [-0.4, -0.2) is 23.8 Å². The van der Waals surface area contributed by atoms with Crippen LogP contribution in [-0.2, 0) is 9.53 Å². The first-order chi connectivity index (χ1) is 12.0. The molecule has 0 aromatic heterocycles. The van der Waals surface area contributed by atoms with Gasteiger partial charge in [0.15, 0.2) is 0 Å². The van der Waals surface area contributed by atoms with Crippen LogP contribution in [0, 0.1) is 0 Å². The number of hydrogen-bond acceptors (Lipinski definition) is 3. The van der Waals surface area contributed by atoms with Crippen molar-refractivity contribution >= 4 is 5.97 Å². The van der Waals surface area contributed by atoms with Crippen LogP contribution in [0.15, 0.2) is 23.3 Å². The molecule has 0 aliphatic heterocycles. The van der Waals surface area contributed by atoms with E-state index < -0.39 is 0 Å². The number of aliphatic hydroxyl groups excluding tert-OH is 1. The van der Waals surface area contributed by atoms with Gasteiger partial charge in [-0.2, -0.15) is 0 Å². The second-order valence-corrected chi connectivity index (χ2v) is 7.30. The third-order valence-electron chi connectivity index (χ3n) is 4.33. The van der Waals surface area contributed by atoms with Crippen molar-refractivity contribution in [1.82, 2.24) is 0 Å². The van der Waals surface area contributed by atoms with Crippen molar-refractivity contribution in [3.8, 4) is 0 Å². The van der Waals surface area contributed by atoms with Gasteiger partial charge in [0.1, 0.15) is 6.61 Å². The van der Waals surface area contributed by atoms with Crippen LogP contribution in [0.4, 0.5) is 0 Å². The minimum absolute atomic E-state index is 0.163. The van der Waals surface area contributed by atoms with Crippen molar-refractivity contribution in [3.05, 3.63) is 23.3 Å². The number of unbranched alkanes of at least 4 members (excludes halogenated alkanes) is 4. The van der Waals surface area contributed by atoms with Gasteiger partial charge in [-0.25, -0.2) is 0 Å². The van der Waals surface area contributed by atoms with Crippen LogP contribution in [0.2, 0.25) is 0 Å². The summed E-state index contributed by atoms with van der Waals surface area (Å²) in [6.07, 6.45) is 14.7. The molecule has 0 saturated heterocycles. The fourth-order valence-electron chi connectivity index (χ4n) is 2.65. The molecular formula is C22H40O3. The lowest BCUT2D eigenvalue weighted by atomic mass is 10.0. The van der Waals surface area contributed by atoms with Gasteiger partial charge in [0.25, 0.3) is 0 Å². The largest absolute Gasteiger partial charge is 0.461 e. The fraction of sp³-hybridized carbons (Fsp3) is 0.773. The van der Waals surface area contributed by atoms with Gasteiger partial charge >= 0.3 is 5.97 Å². The second kappa shape index (κ2) is 16.4. The van der Waals surface area contributed by atoms with E-state index in [-0.39, 0.29) is 12.1 Å². The Morgan fingerprint density at radius 2 is 1.64 bits per heavy atom. The summed E-state index contributed by atoms with van der Waals surface area (Å²) in [5.74, 6) is -0.163. The Balaban J connectivity index is 3.64. The van der Waals surface area contributed by atoms with Crippen LogP contribution in [0.1, 0.15) is 98.3 Å². The average Bonchev–Trinajstić information content (AvgIpc) is 2.54. The zero-order chi connectivity index (χ0) is 18.9. The Morgan fingerprint density at radius 1 is 0.960 bits per heavy atom. The third kappa shape index (κ3) is 17.5. The van der Waals surface area contributed by atoms with Gasteiger partial charge in [-0.05, 0) is 59.0 Å². The lowest BCUT2D eigenvalue weighted by molar-refractivity contribution is -0.142. The van der Waals surface area contributed by atoms with Crippen molar-refractivity contribution < 1.29 is 14.6 Å². The van der Waals surface area contributed by atoms with Crippen molar-refractivity contribution in [2.24, 2.45) is 0 Å². The standard InChI is InChI=1S/C22H40O3/c1-5-6-7-8-9-14-21(23)15-11-16-22(24)25-18-17-20(4)13-10-12-19(2)3/h12,17,21,23H,5-11,13-16,18H2,1-4H3/b20-17+. The Kier molecular flexibility index (Phi) is 15.7. The van der Waals surface area contributed by atoms with E-state index in [2.05, 4.69) is 33.8 Å². The topological polar surface area (TPSA) is 46.5 Å². The lowest BCUT2D eigenvalue weighted by Gasteiger charge is -2.10. The number of aliphatic hydroxyl groups is 1. The molecule has 0 heterocycles. The molecule has 25 heavy (non-hydrogen) atoms. The van der Waals surface area contributed by atoms with E-state index in [4.69, 9.17) is 4.74 Å². The van der Waals surface area contributed by atoms with E-state index in [0.717, 1.165) is 25.7 Å². The van der Waals surface area contributed by atoms with E-state index in [1.54, 1.807) is 0 Å². The molecule has 3 nitrogen and oxygen atoms in total. The van der Waals surface area contributed by atoms with E-state index in [1.807, 2.05) is 6.08 Å². The SMILES string of the molecule is CCCCCCCC(O)CCCC(=O)OC/C=C(\C)CCC=C(C)C. The molecule has 0 saturated carbocycles.